The number of carbonyl (C=O) groups excluding carboxylic acids is 1. The van der Waals surface area contributed by atoms with E-state index >= 15 is 0 Å². The van der Waals surface area contributed by atoms with Crippen LogP contribution in [0, 0.1) is 13.8 Å². The van der Waals surface area contributed by atoms with Gasteiger partial charge in [0.2, 0.25) is 0 Å². The number of benzene rings is 1. The molecule has 1 aromatic heterocycles. The van der Waals surface area contributed by atoms with Crippen LogP contribution in [0.5, 0.6) is 0 Å². The molecule has 0 aliphatic carbocycles. The predicted octanol–water partition coefficient (Wildman–Crippen LogP) is 3.69. The number of aromatic amines is 1. The van der Waals surface area contributed by atoms with Crippen molar-refractivity contribution in [2.75, 3.05) is 7.11 Å². The molecule has 1 heterocycles. The smallest absolute Gasteiger partial charge is 0.338 e. The molecule has 0 saturated carbocycles. The van der Waals surface area contributed by atoms with Gasteiger partial charge in [0.15, 0.2) is 0 Å². The van der Waals surface area contributed by atoms with Gasteiger partial charge in [-0.2, -0.15) is 0 Å². The first kappa shape index (κ1) is 12.7. The number of ether oxygens (including phenoxy) is 1. The van der Waals surface area contributed by atoms with E-state index in [0.717, 1.165) is 27.7 Å². The molecule has 0 fully saturated rings. The van der Waals surface area contributed by atoms with E-state index in [9.17, 15) is 4.79 Å². The van der Waals surface area contributed by atoms with Crippen LogP contribution in [0.15, 0.2) is 12.1 Å². The normalized spacial score (nSPS) is 11.2. The molecular weight excluding hydrogens is 226 g/mol. The van der Waals surface area contributed by atoms with Crippen molar-refractivity contribution >= 4 is 16.9 Å². The zero-order valence-corrected chi connectivity index (χ0v) is 11.5. The molecule has 0 aliphatic heterocycles. The van der Waals surface area contributed by atoms with Crippen molar-refractivity contribution < 1.29 is 9.53 Å². The van der Waals surface area contributed by atoms with Crippen LogP contribution < -0.4 is 0 Å². The maximum atomic E-state index is 11.9. The average Bonchev–Trinajstić information content (AvgIpc) is 2.63. The van der Waals surface area contributed by atoms with E-state index in [2.05, 4.69) is 24.9 Å². The highest BCUT2D eigenvalue weighted by Crippen LogP contribution is 2.29. The van der Waals surface area contributed by atoms with Crippen molar-refractivity contribution in [3.05, 3.63) is 34.5 Å². The van der Waals surface area contributed by atoms with Gasteiger partial charge >= 0.3 is 5.97 Å². The number of rotatable bonds is 2. The minimum absolute atomic E-state index is 0.274. The third-order valence-corrected chi connectivity index (χ3v) is 3.49. The van der Waals surface area contributed by atoms with E-state index in [1.54, 1.807) is 0 Å². The van der Waals surface area contributed by atoms with Crippen LogP contribution in [0.2, 0.25) is 0 Å². The Morgan fingerprint density at radius 1 is 1.28 bits per heavy atom. The molecule has 0 saturated heterocycles. The lowest BCUT2D eigenvalue weighted by Crippen LogP contribution is -2.04. The molecule has 18 heavy (non-hydrogen) atoms. The lowest BCUT2D eigenvalue weighted by atomic mass is 9.96. The van der Waals surface area contributed by atoms with Gasteiger partial charge in [-0.1, -0.05) is 13.8 Å². The maximum Gasteiger partial charge on any atom is 0.338 e. The fourth-order valence-electron chi connectivity index (χ4n) is 2.25. The number of hydrogen-bond donors (Lipinski definition) is 1. The summed E-state index contributed by atoms with van der Waals surface area (Å²) in [7, 11) is 1.42. The fraction of sp³-hybridized carbons (Fsp3) is 0.400. The summed E-state index contributed by atoms with van der Waals surface area (Å²) in [6.07, 6.45) is 0. The van der Waals surface area contributed by atoms with Gasteiger partial charge in [0.1, 0.15) is 0 Å². The number of aromatic nitrogens is 1. The Bertz CT molecular complexity index is 608. The molecule has 0 atom stereocenters. The lowest BCUT2D eigenvalue weighted by molar-refractivity contribution is 0.0603. The van der Waals surface area contributed by atoms with Crippen molar-refractivity contribution in [1.29, 1.82) is 0 Å². The summed E-state index contributed by atoms with van der Waals surface area (Å²) in [5.41, 5.74) is 5.01. The topological polar surface area (TPSA) is 42.1 Å². The van der Waals surface area contributed by atoms with Crippen molar-refractivity contribution in [3.8, 4) is 0 Å². The summed E-state index contributed by atoms with van der Waals surface area (Å²) in [5.74, 6) is 0.103. The van der Waals surface area contributed by atoms with Crippen molar-refractivity contribution in [3.63, 3.8) is 0 Å². The highest BCUT2D eigenvalue weighted by molar-refractivity contribution is 6.06. The molecule has 0 bridgehead atoms. The molecule has 0 unspecified atom stereocenters. The summed E-state index contributed by atoms with van der Waals surface area (Å²) in [6.45, 7) is 8.27. The second-order valence-corrected chi connectivity index (χ2v) is 5.01. The number of nitrogens with one attached hydrogen (secondary N) is 1. The third-order valence-electron chi connectivity index (χ3n) is 3.49. The molecule has 1 aromatic carbocycles. The highest BCUT2D eigenvalue weighted by Gasteiger charge is 2.17. The van der Waals surface area contributed by atoms with Crippen LogP contribution in [0.4, 0.5) is 0 Å². The molecule has 0 amide bonds. The van der Waals surface area contributed by atoms with Crippen LogP contribution in [0.1, 0.15) is 46.9 Å². The summed E-state index contributed by atoms with van der Waals surface area (Å²) in [6, 6.07) is 4.06. The largest absolute Gasteiger partial charge is 0.465 e. The van der Waals surface area contributed by atoms with Crippen molar-refractivity contribution in [2.24, 2.45) is 0 Å². The fourth-order valence-corrected chi connectivity index (χ4v) is 2.25. The molecule has 96 valence electrons. The second-order valence-electron chi connectivity index (χ2n) is 5.01. The van der Waals surface area contributed by atoms with Crippen molar-refractivity contribution in [2.45, 2.75) is 33.6 Å². The van der Waals surface area contributed by atoms with Crippen LogP contribution in [0.25, 0.3) is 10.9 Å². The first-order chi connectivity index (χ1) is 8.45. The van der Waals surface area contributed by atoms with E-state index in [0.29, 0.717) is 11.5 Å². The molecular formula is C15H19NO2. The monoisotopic (exact) mass is 245 g/mol. The maximum absolute atomic E-state index is 11.9. The van der Waals surface area contributed by atoms with E-state index in [-0.39, 0.29) is 5.97 Å². The second kappa shape index (κ2) is 4.48. The minimum atomic E-state index is -0.274. The van der Waals surface area contributed by atoms with E-state index < -0.39 is 0 Å². The number of methoxy groups -OCH3 is 1. The number of H-pyrrole nitrogens is 1. The summed E-state index contributed by atoms with van der Waals surface area (Å²) in [4.78, 5) is 15.3. The Morgan fingerprint density at radius 2 is 1.94 bits per heavy atom. The molecule has 0 aliphatic rings. The highest BCUT2D eigenvalue weighted by atomic mass is 16.5. The molecule has 3 nitrogen and oxygen atoms in total. The molecule has 1 N–H and O–H groups in total. The van der Waals surface area contributed by atoms with E-state index in [1.165, 1.54) is 7.11 Å². The standard InChI is InChI=1S/C15H19NO2/c1-8(2)11-6-12(15(17)18-5)14-9(3)10(4)16-13(14)7-11/h6-8,16H,1-5H3. The average molecular weight is 245 g/mol. The Kier molecular flexibility index (Phi) is 3.16. The zero-order chi connectivity index (χ0) is 13.4. The van der Waals surface area contributed by atoms with Gasteiger partial charge in [-0.25, -0.2) is 4.79 Å². The Hall–Kier alpha value is -1.77. The molecule has 2 rings (SSSR count). The van der Waals surface area contributed by atoms with Crippen LogP contribution >= 0.6 is 0 Å². The van der Waals surface area contributed by atoms with Gasteiger partial charge in [-0.3, -0.25) is 0 Å². The van der Waals surface area contributed by atoms with E-state index in [4.69, 9.17) is 4.74 Å². The van der Waals surface area contributed by atoms with Gasteiger partial charge < -0.3 is 9.72 Å². The molecule has 3 heteroatoms. The predicted molar refractivity (Wildman–Crippen MR) is 73.2 cm³/mol. The first-order valence-corrected chi connectivity index (χ1v) is 6.16. The summed E-state index contributed by atoms with van der Waals surface area (Å²) in [5, 5.41) is 0.976. The van der Waals surface area contributed by atoms with Gasteiger partial charge in [-0.05, 0) is 43.0 Å². The molecule has 0 radical (unpaired) electrons. The number of esters is 1. The SMILES string of the molecule is COC(=O)c1cc(C(C)C)cc2[nH]c(C)c(C)c12. The lowest BCUT2D eigenvalue weighted by Gasteiger charge is -2.09. The number of hydrogen-bond acceptors (Lipinski definition) is 2. The molecule has 2 aromatic rings. The third kappa shape index (κ3) is 1.90. The van der Waals surface area contributed by atoms with Crippen LogP contribution in [-0.2, 0) is 4.74 Å². The first-order valence-electron chi connectivity index (χ1n) is 6.16. The zero-order valence-electron chi connectivity index (χ0n) is 11.5. The molecule has 0 spiro atoms. The van der Waals surface area contributed by atoms with Crippen molar-refractivity contribution in [1.82, 2.24) is 4.98 Å². The summed E-state index contributed by atoms with van der Waals surface area (Å²) >= 11 is 0. The summed E-state index contributed by atoms with van der Waals surface area (Å²) < 4.78 is 4.89. The van der Waals surface area contributed by atoms with E-state index in [1.807, 2.05) is 19.9 Å². The quantitative estimate of drug-likeness (QED) is 0.820. The van der Waals surface area contributed by atoms with Gasteiger partial charge in [0.25, 0.3) is 0 Å². The number of carbonyl (C=O) groups is 1. The minimum Gasteiger partial charge on any atom is -0.465 e. The van der Waals surface area contributed by atoms with Gasteiger partial charge in [0, 0.05) is 16.6 Å². The van der Waals surface area contributed by atoms with Gasteiger partial charge in [-0.15, -0.1) is 0 Å². The Morgan fingerprint density at radius 3 is 2.50 bits per heavy atom. The number of aryl methyl sites for hydroxylation is 2. The van der Waals surface area contributed by atoms with Gasteiger partial charge in [0.05, 0.1) is 12.7 Å². The van der Waals surface area contributed by atoms with Crippen LogP contribution in [0.3, 0.4) is 0 Å². The number of fused-ring (bicyclic) bond motifs is 1. The Labute approximate surface area is 107 Å². The Balaban J connectivity index is 2.82. The van der Waals surface area contributed by atoms with Crippen LogP contribution in [-0.4, -0.2) is 18.1 Å².